The zero-order chi connectivity index (χ0) is 20.2. The lowest BCUT2D eigenvalue weighted by atomic mass is 9.87. The van der Waals surface area contributed by atoms with Crippen LogP contribution in [0, 0.1) is 13.8 Å². The van der Waals surface area contributed by atoms with Gasteiger partial charge < -0.3 is 14.9 Å². The van der Waals surface area contributed by atoms with Crippen molar-refractivity contribution in [1.29, 1.82) is 0 Å². The van der Waals surface area contributed by atoms with Crippen molar-refractivity contribution < 1.29 is 19.7 Å². The molecule has 4 nitrogen and oxygen atoms in total. The summed E-state index contributed by atoms with van der Waals surface area (Å²) in [7, 11) is 0. The van der Waals surface area contributed by atoms with Gasteiger partial charge in [0.25, 0.3) is 0 Å². The molecule has 0 amide bonds. The molecule has 1 aromatic carbocycles. The Kier molecular flexibility index (Phi) is 6.74. The first kappa shape index (κ1) is 21.1. The van der Waals surface area contributed by atoms with E-state index in [4.69, 9.17) is 9.84 Å². The summed E-state index contributed by atoms with van der Waals surface area (Å²) in [4.78, 5) is 10.8. The van der Waals surface area contributed by atoms with E-state index in [1.165, 1.54) is 5.57 Å². The minimum absolute atomic E-state index is 0.197. The van der Waals surface area contributed by atoms with Crippen LogP contribution in [0.1, 0.15) is 69.6 Å². The highest BCUT2D eigenvalue weighted by molar-refractivity contribution is 5.85. The molecule has 0 unspecified atom stereocenters. The van der Waals surface area contributed by atoms with Crippen molar-refractivity contribution in [3.05, 3.63) is 46.1 Å². The average Bonchev–Trinajstić information content (AvgIpc) is 2.60. The van der Waals surface area contributed by atoms with Crippen LogP contribution >= 0.6 is 0 Å². The summed E-state index contributed by atoms with van der Waals surface area (Å²) in [6.07, 6.45) is 9.39. The highest BCUT2D eigenvalue weighted by Gasteiger charge is 2.32. The van der Waals surface area contributed by atoms with E-state index in [2.05, 4.69) is 19.9 Å². The zero-order valence-electron chi connectivity index (χ0n) is 17.2. The maximum Gasteiger partial charge on any atom is 0.330 e. The van der Waals surface area contributed by atoms with E-state index in [0.717, 1.165) is 61.0 Å². The molecule has 0 saturated heterocycles. The highest BCUT2D eigenvalue weighted by atomic mass is 16.5. The molecule has 1 aliphatic rings. The second-order valence-corrected chi connectivity index (χ2v) is 8.01. The molecule has 0 spiro atoms. The van der Waals surface area contributed by atoms with Gasteiger partial charge >= 0.3 is 5.97 Å². The third kappa shape index (κ3) is 5.38. The Hall–Kier alpha value is -2.23. The first-order valence-corrected chi connectivity index (χ1v) is 9.69. The molecule has 0 aliphatic carbocycles. The molecule has 2 N–H and O–H groups in total. The number of carboxylic acids is 1. The largest absolute Gasteiger partial charge is 0.508 e. The number of aryl methyl sites for hydroxylation is 1. The van der Waals surface area contributed by atoms with Crippen molar-refractivity contribution in [1.82, 2.24) is 0 Å². The second kappa shape index (κ2) is 8.64. The fraction of sp³-hybridized carbons (Fsp3) is 0.522. The van der Waals surface area contributed by atoms with Gasteiger partial charge in [-0.15, -0.1) is 0 Å². The van der Waals surface area contributed by atoms with Gasteiger partial charge in [-0.2, -0.15) is 0 Å². The van der Waals surface area contributed by atoms with Gasteiger partial charge in [0.15, 0.2) is 0 Å². The van der Waals surface area contributed by atoms with Gasteiger partial charge in [0, 0.05) is 5.57 Å². The topological polar surface area (TPSA) is 66.8 Å². The number of allylic oxidation sites excluding steroid dienone is 3. The van der Waals surface area contributed by atoms with Crippen LogP contribution in [0.15, 0.2) is 29.4 Å². The van der Waals surface area contributed by atoms with Crippen LogP contribution in [-0.2, 0) is 11.2 Å². The van der Waals surface area contributed by atoms with Crippen molar-refractivity contribution in [2.75, 3.05) is 0 Å². The van der Waals surface area contributed by atoms with Crippen molar-refractivity contribution in [2.45, 2.75) is 78.7 Å². The Morgan fingerprint density at radius 2 is 1.93 bits per heavy atom. The molecule has 1 atom stereocenters. The van der Waals surface area contributed by atoms with Crippen LogP contribution < -0.4 is 4.74 Å². The maximum absolute atomic E-state index is 10.8. The maximum atomic E-state index is 10.8. The summed E-state index contributed by atoms with van der Waals surface area (Å²) < 4.78 is 6.39. The van der Waals surface area contributed by atoms with Crippen LogP contribution in [0.4, 0.5) is 0 Å². The van der Waals surface area contributed by atoms with E-state index >= 15 is 0 Å². The molecular formula is C23H32O4. The molecule has 0 aromatic heterocycles. The number of ether oxygens (including phenoxy) is 1. The molecule has 0 radical (unpaired) electrons. The number of rotatable bonds is 7. The number of aromatic hydroxyl groups is 1. The van der Waals surface area contributed by atoms with Crippen LogP contribution in [0.25, 0.3) is 0 Å². The number of phenols is 1. The average molecular weight is 373 g/mol. The number of hydrogen-bond donors (Lipinski definition) is 2. The molecule has 148 valence electrons. The van der Waals surface area contributed by atoms with E-state index in [1.54, 1.807) is 13.0 Å². The summed E-state index contributed by atoms with van der Waals surface area (Å²) in [5.41, 5.74) is 4.50. The molecule has 0 fully saturated rings. The van der Waals surface area contributed by atoms with Gasteiger partial charge in [0.2, 0.25) is 0 Å². The van der Waals surface area contributed by atoms with E-state index < -0.39 is 5.97 Å². The molecule has 1 aromatic rings. The Balaban J connectivity index is 1.94. The first-order chi connectivity index (χ1) is 12.6. The minimum atomic E-state index is -0.849. The Bertz CT molecular complexity index is 773. The number of phenolic OH excluding ortho intramolecular Hbond substituents is 1. The van der Waals surface area contributed by atoms with E-state index in [9.17, 15) is 9.90 Å². The number of hydrogen-bond acceptors (Lipinski definition) is 3. The minimum Gasteiger partial charge on any atom is -0.508 e. The Labute approximate surface area is 162 Å². The van der Waals surface area contributed by atoms with Gasteiger partial charge in [-0.1, -0.05) is 17.7 Å². The predicted octanol–water partition coefficient (Wildman–Crippen LogP) is 5.63. The lowest BCUT2D eigenvalue weighted by Crippen LogP contribution is -2.36. The molecule has 0 saturated carbocycles. The number of fused-ring (bicyclic) bond motifs is 1. The number of aliphatic carboxylic acids is 1. The summed E-state index contributed by atoms with van der Waals surface area (Å²) in [5.74, 6) is 0.441. The van der Waals surface area contributed by atoms with Crippen molar-refractivity contribution in [3.8, 4) is 11.5 Å². The second-order valence-electron chi connectivity index (χ2n) is 8.01. The van der Waals surface area contributed by atoms with E-state index in [-0.39, 0.29) is 5.60 Å². The normalized spacial score (nSPS) is 20.2. The Morgan fingerprint density at radius 3 is 2.59 bits per heavy atom. The van der Waals surface area contributed by atoms with Gasteiger partial charge in [0.1, 0.15) is 17.1 Å². The molecule has 1 aliphatic heterocycles. The van der Waals surface area contributed by atoms with Crippen LogP contribution in [0.2, 0.25) is 0 Å². The smallest absolute Gasteiger partial charge is 0.330 e. The van der Waals surface area contributed by atoms with E-state index in [0.29, 0.717) is 11.3 Å². The lowest BCUT2D eigenvalue weighted by molar-refractivity contribution is -0.132. The molecule has 2 rings (SSSR count). The quantitative estimate of drug-likeness (QED) is 0.481. The summed E-state index contributed by atoms with van der Waals surface area (Å²) in [6, 6.07) is 1.84. The zero-order valence-corrected chi connectivity index (χ0v) is 17.2. The standard InChI is InChI=1S/C23H32O4/c1-15(8-6-10-16(2)22(25)26)9-7-12-23(5)13-11-19-14-20(24)17(3)18(4)21(19)27-23/h9-10,14,24H,6-8,11-13H2,1-5H3,(H,25,26)/b15-9+,16-10+/t23-/m1/s1. The number of benzene rings is 1. The molecule has 1 heterocycles. The van der Waals surface area contributed by atoms with Crippen molar-refractivity contribution in [2.24, 2.45) is 0 Å². The number of carboxylic acid groups (broad SMARTS) is 1. The van der Waals surface area contributed by atoms with Gasteiger partial charge in [-0.25, -0.2) is 4.79 Å². The van der Waals surface area contributed by atoms with Crippen molar-refractivity contribution in [3.63, 3.8) is 0 Å². The SMILES string of the molecule is C/C(=C\CC[C@]1(C)CCc2cc(O)c(C)c(C)c2O1)CC/C=C(\C)C(=O)O. The lowest BCUT2D eigenvalue weighted by Gasteiger charge is -2.37. The fourth-order valence-corrected chi connectivity index (χ4v) is 3.47. The number of carbonyl (C=O) groups is 1. The Morgan fingerprint density at radius 1 is 1.22 bits per heavy atom. The van der Waals surface area contributed by atoms with Gasteiger partial charge in [-0.3, -0.25) is 0 Å². The summed E-state index contributed by atoms with van der Waals surface area (Å²) in [5, 5.41) is 18.9. The molecule has 0 bridgehead atoms. The summed E-state index contributed by atoms with van der Waals surface area (Å²) in [6.45, 7) is 9.83. The van der Waals surface area contributed by atoms with Crippen LogP contribution in [0.3, 0.4) is 0 Å². The summed E-state index contributed by atoms with van der Waals surface area (Å²) >= 11 is 0. The highest BCUT2D eigenvalue weighted by Crippen LogP contribution is 2.41. The first-order valence-electron chi connectivity index (χ1n) is 9.69. The molecular weight excluding hydrogens is 340 g/mol. The van der Waals surface area contributed by atoms with Gasteiger partial charge in [0.05, 0.1) is 0 Å². The third-order valence-electron chi connectivity index (χ3n) is 5.65. The van der Waals surface area contributed by atoms with E-state index in [1.807, 2.05) is 19.9 Å². The van der Waals surface area contributed by atoms with Crippen LogP contribution in [-0.4, -0.2) is 21.8 Å². The third-order valence-corrected chi connectivity index (χ3v) is 5.65. The molecule has 4 heteroatoms. The van der Waals surface area contributed by atoms with Crippen LogP contribution in [0.5, 0.6) is 11.5 Å². The van der Waals surface area contributed by atoms with Gasteiger partial charge in [-0.05, 0) is 95.9 Å². The molecule has 27 heavy (non-hydrogen) atoms. The van der Waals surface area contributed by atoms with Crippen molar-refractivity contribution >= 4 is 5.97 Å². The monoisotopic (exact) mass is 372 g/mol. The predicted molar refractivity (Wildman–Crippen MR) is 109 cm³/mol. The fourth-order valence-electron chi connectivity index (χ4n) is 3.47.